The molecule has 37 heavy (non-hydrogen) atoms. The lowest BCUT2D eigenvalue weighted by Gasteiger charge is -2.23. The van der Waals surface area contributed by atoms with E-state index in [1.165, 1.54) is 17.3 Å². The Labute approximate surface area is 225 Å². The van der Waals surface area contributed by atoms with Crippen LogP contribution < -0.4 is 5.32 Å². The van der Waals surface area contributed by atoms with Crippen molar-refractivity contribution < 1.29 is 9.59 Å². The zero-order valence-electron chi connectivity index (χ0n) is 20.9. The molecule has 6 nitrogen and oxygen atoms in total. The lowest BCUT2D eigenvalue weighted by atomic mass is 9.98. The predicted molar refractivity (Wildman–Crippen MR) is 151 cm³/mol. The lowest BCUT2D eigenvalue weighted by Crippen LogP contribution is -2.25. The molecule has 2 amide bonds. The number of halogens is 1. The van der Waals surface area contributed by atoms with Gasteiger partial charge in [-0.25, -0.2) is 5.01 Å². The summed E-state index contributed by atoms with van der Waals surface area (Å²) < 4.78 is 0. The number of hydrazone groups is 1. The Morgan fingerprint density at radius 2 is 1.73 bits per heavy atom. The number of aryl methyl sites for hydroxylation is 3. The van der Waals surface area contributed by atoms with Crippen LogP contribution in [0.3, 0.4) is 0 Å². The molecule has 2 aliphatic rings. The summed E-state index contributed by atoms with van der Waals surface area (Å²) in [5.41, 5.74) is 7.02. The van der Waals surface area contributed by atoms with Crippen molar-refractivity contribution in [3.05, 3.63) is 99.6 Å². The highest BCUT2D eigenvalue weighted by atomic mass is 35.5. The first-order valence-corrected chi connectivity index (χ1v) is 13.4. The third-order valence-corrected chi connectivity index (χ3v) is 7.90. The first-order valence-electron chi connectivity index (χ1n) is 12.1. The Bertz CT molecular complexity index is 1420. The van der Waals surface area contributed by atoms with E-state index in [2.05, 4.69) is 41.5 Å². The fourth-order valence-electron chi connectivity index (χ4n) is 4.48. The van der Waals surface area contributed by atoms with Gasteiger partial charge < -0.3 is 5.32 Å². The molecule has 3 aromatic carbocycles. The van der Waals surface area contributed by atoms with Gasteiger partial charge in [-0.15, -0.1) is 0 Å². The van der Waals surface area contributed by atoms with Crippen LogP contribution in [0.2, 0.25) is 5.02 Å². The summed E-state index contributed by atoms with van der Waals surface area (Å²) in [4.78, 5) is 29.9. The van der Waals surface area contributed by atoms with E-state index in [4.69, 9.17) is 16.7 Å². The van der Waals surface area contributed by atoms with Gasteiger partial charge in [-0.2, -0.15) is 10.1 Å². The molecule has 1 N–H and O–H groups in total. The Kier molecular flexibility index (Phi) is 7.17. The quantitative estimate of drug-likeness (QED) is 0.411. The molecule has 0 saturated carbocycles. The molecule has 0 saturated heterocycles. The minimum atomic E-state index is -0.592. The van der Waals surface area contributed by atoms with E-state index >= 15 is 0 Å². The van der Waals surface area contributed by atoms with Gasteiger partial charge in [-0.05, 0) is 55.7 Å². The van der Waals surface area contributed by atoms with Crippen LogP contribution in [-0.2, 0) is 9.59 Å². The van der Waals surface area contributed by atoms with Gasteiger partial charge in [-0.3, -0.25) is 9.59 Å². The average Bonchev–Trinajstić information content (AvgIpc) is 3.46. The van der Waals surface area contributed by atoms with Crippen molar-refractivity contribution in [2.45, 2.75) is 44.9 Å². The predicted octanol–water partition coefficient (Wildman–Crippen LogP) is 6.44. The molecule has 0 spiro atoms. The number of carbonyl (C=O) groups is 2. The van der Waals surface area contributed by atoms with Gasteiger partial charge in [0.15, 0.2) is 5.17 Å². The zero-order valence-corrected chi connectivity index (χ0v) is 22.4. The van der Waals surface area contributed by atoms with Gasteiger partial charge in [0.25, 0.3) is 5.91 Å². The van der Waals surface area contributed by atoms with Crippen LogP contribution in [0.15, 0.2) is 76.8 Å². The SMILES string of the molecule is Cc1ccc(C2=NN(C3=NC(=O)[C@@H](CC(=O)Nc4ccc(C)cc4C)S3)[C@H](c3ccc(Cl)cc3)C2)cc1. The van der Waals surface area contributed by atoms with E-state index in [0.717, 1.165) is 33.7 Å². The summed E-state index contributed by atoms with van der Waals surface area (Å²) in [7, 11) is 0. The molecule has 188 valence electrons. The number of rotatable bonds is 5. The molecule has 2 atom stereocenters. The minimum absolute atomic E-state index is 0.0395. The van der Waals surface area contributed by atoms with E-state index in [0.29, 0.717) is 16.6 Å². The second kappa shape index (κ2) is 10.5. The van der Waals surface area contributed by atoms with Crippen LogP contribution in [-0.4, -0.2) is 33.0 Å². The van der Waals surface area contributed by atoms with Crippen molar-refractivity contribution >= 4 is 51.7 Å². The summed E-state index contributed by atoms with van der Waals surface area (Å²) in [5, 5.41) is 10.2. The number of amidine groups is 1. The Morgan fingerprint density at radius 1 is 1.03 bits per heavy atom. The van der Waals surface area contributed by atoms with Gasteiger partial charge >= 0.3 is 0 Å². The van der Waals surface area contributed by atoms with Crippen LogP contribution in [0, 0.1) is 20.8 Å². The number of hydrogen-bond donors (Lipinski definition) is 1. The second-order valence-corrected chi connectivity index (χ2v) is 11.0. The molecule has 3 aromatic rings. The molecule has 0 unspecified atom stereocenters. The van der Waals surface area contributed by atoms with Crippen LogP contribution in [0.1, 0.15) is 46.7 Å². The molecule has 8 heteroatoms. The van der Waals surface area contributed by atoms with E-state index in [1.807, 2.05) is 61.3 Å². The molecule has 2 heterocycles. The molecule has 0 radical (unpaired) electrons. The minimum Gasteiger partial charge on any atom is -0.326 e. The number of hydrogen-bond acceptors (Lipinski definition) is 5. The monoisotopic (exact) mass is 530 g/mol. The first-order chi connectivity index (χ1) is 17.8. The molecule has 5 rings (SSSR count). The number of anilines is 1. The van der Waals surface area contributed by atoms with Crippen LogP contribution in [0.4, 0.5) is 5.69 Å². The van der Waals surface area contributed by atoms with Crippen molar-refractivity contribution in [1.29, 1.82) is 0 Å². The third-order valence-electron chi connectivity index (χ3n) is 6.50. The summed E-state index contributed by atoms with van der Waals surface area (Å²) in [6.07, 6.45) is 0.702. The van der Waals surface area contributed by atoms with E-state index in [-0.39, 0.29) is 24.3 Å². The highest BCUT2D eigenvalue weighted by molar-refractivity contribution is 8.15. The largest absolute Gasteiger partial charge is 0.326 e. The van der Waals surface area contributed by atoms with E-state index in [1.54, 1.807) is 0 Å². The zero-order chi connectivity index (χ0) is 26.1. The van der Waals surface area contributed by atoms with Crippen molar-refractivity contribution in [2.75, 3.05) is 5.32 Å². The smallest absolute Gasteiger partial charge is 0.262 e. The molecular weight excluding hydrogens is 504 g/mol. The van der Waals surface area contributed by atoms with Crippen molar-refractivity contribution in [1.82, 2.24) is 5.01 Å². The molecule has 0 fully saturated rings. The maximum Gasteiger partial charge on any atom is 0.262 e. The highest BCUT2D eigenvalue weighted by Crippen LogP contribution is 2.39. The number of nitrogens with zero attached hydrogens (tertiary/aromatic N) is 3. The summed E-state index contributed by atoms with van der Waals surface area (Å²) in [5.74, 6) is -0.529. The Hall–Kier alpha value is -3.42. The average molecular weight is 531 g/mol. The van der Waals surface area contributed by atoms with E-state index in [9.17, 15) is 9.59 Å². The Balaban J connectivity index is 1.35. The number of amides is 2. The molecular formula is C29H27ClN4O2S. The molecule has 0 aliphatic carbocycles. The highest BCUT2D eigenvalue weighted by Gasteiger charge is 2.39. The first kappa shape index (κ1) is 25.2. The molecule has 0 aromatic heterocycles. The number of carbonyl (C=O) groups excluding carboxylic acids is 2. The standard InChI is InChI=1S/C29H27ClN4O2S/c1-17-4-7-20(8-5-17)24-15-25(21-9-11-22(30)12-10-21)34(33-24)29-32-28(36)26(37-29)16-27(35)31-23-13-6-18(2)14-19(23)3/h4-14,25-26H,15-16H2,1-3H3,(H,31,35)/t25-,26+/m0/s1. The van der Waals surface area contributed by atoms with Gasteiger partial charge in [0.2, 0.25) is 5.91 Å². The van der Waals surface area contributed by atoms with Crippen molar-refractivity contribution in [2.24, 2.45) is 10.1 Å². The maximum absolute atomic E-state index is 12.8. The van der Waals surface area contributed by atoms with Crippen LogP contribution in [0.25, 0.3) is 0 Å². The topological polar surface area (TPSA) is 74.1 Å². The number of aliphatic imine (C=N–C) groups is 1. The van der Waals surface area contributed by atoms with Gasteiger partial charge in [0.05, 0.1) is 11.8 Å². The van der Waals surface area contributed by atoms with Crippen LogP contribution in [0.5, 0.6) is 0 Å². The third kappa shape index (κ3) is 5.63. The fourth-order valence-corrected chi connectivity index (χ4v) is 5.67. The summed E-state index contributed by atoms with van der Waals surface area (Å²) in [6.45, 7) is 6.01. The normalized spacial score (nSPS) is 19.1. The summed E-state index contributed by atoms with van der Waals surface area (Å²) in [6, 6.07) is 21.6. The Morgan fingerprint density at radius 3 is 2.43 bits per heavy atom. The van der Waals surface area contributed by atoms with Crippen molar-refractivity contribution in [3.8, 4) is 0 Å². The summed E-state index contributed by atoms with van der Waals surface area (Å²) >= 11 is 7.43. The number of benzene rings is 3. The second-order valence-electron chi connectivity index (χ2n) is 9.44. The molecule has 0 bridgehead atoms. The van der Waals surface area contributed by atoms with Crippen LogP contribution >= 0.6 is 23.4 Å². The maximum atomic E-state index is 12.8. The van der Waals surface area contributed by atoms with Gasteiger partial charge in [-0.1, -0.05) is 83.0 Å². The fraction of sp³-hybridized carbons (Fsp3) is 0.241. The number of nitrogens with one attached hydrogen (secondary N) is 1. The lowest BCUT2D eigenvalue weighted by molar-refractivity contribution is -0.121. The molecule has 2 aliphatic heterocycles. The van der Waals surface area contributed by atoms with Crippen molar-refractivity contribution in [3.63, 3.8) is 0 Å². The van der Waals surface area contributed by atoms with Gasteiger partial charge in [0.1, 0.15) is 5.25 Å². The number of thioether (sulfide) groups is 1. The van der Waals surface area contributed by atoms with E-state index < -0.39 is 5.25 Å². The van der Waals surface area contributed by atoms with Gasteiger partial charge in [0, 0.05) is 23.6 Å².